The minimum Gasteiger partial charge on any atom is -0.497 e. The third-order valence-electron chi connectivity index (χ3n) is 3.71. The van der Waals surface area contributed by atoms with Crippen LogP contribution in [0, 0.1) is 0 Å². The summed E-state index contributed by atoms with van der Waals surface area (Å²) in [6.07, 6.45) is -0.238. The Hall–Kier alpha value is -2.31. The summed E-state index contributed by atoms with van der Waals surface area (Å²) >= 11 is 0. The van der Waals surface area contributed by atoms with Crippen molar-refractivity contribution in [2.75, 3.05) is 7.11 Å². The maximum Gasteiger partial charge on any atom is 0.488 e. The molecule has 5 nitrogen and oxygen atoms in total. The maximum atomic E-state index is 12.3. The zero-order valence-electron chi connectivity index (χ0n) is 12.0. The lowest BCUT2D eigenvalue weighted by Crippen LogP contribution is -2.30. The summed E-state index contributed by atoms with van der Waals surface area (Å²) in [4.78, 5) is 12.3. The quantitative estimate of drug-likeness (QED) is 0.829. The Morgan fingerprint density at radius 1 is 1.23 bits per heavy atom. The second kappa shape index (κ2) is 5.83. The highest BCUT2D eigenvalue weighted by Gasteiger charge is 2.28. The first-order valence-electron chi connectivity index (χ1n) is 6.92. The molecule has 3 rings (SSSR count). The molecule has 1 atom stereocenters. The number of rotatable bonds is 3. The third-order valence-corrected chi connectivity index (χ3v) is 3.71. The summed E-state index contributed by atoms with van der Waals surface area (Å²) in [7, 11) is 0.000454. The van der Waals surface area contributed by atoms with Crippen molar-refractivity contribution in [3.63, 3.8) is 0 Å². The predicted octanol–water partition coefficient (Wildman–Crippen LogP) is 1.08. The summed E-state index contributed by atoms with van der Waals surface area (Å²) in [5, 5.41) is 18.5. The third kappa shape index (κ3) is 2.71. The SMILES string of the molecule is COc1ccc2c(c1)C(=O)CC(c1cccc(B(O)O)c1)O2. The highest BCUT2D eigenvalue weighted by Crippen LogP contribution is 2.36. The molecule has 22 heavy (non-hydrogen) atoms. The molecule has 112 valence electrons. The van der Waals surface area contributed by atoms with Gasteiger partial charge in [-0.3, -0.25) is 4.79 Å². The largest absolute Gasteiger partial charge is 0.497 e. The number of hydrogen-bond acceptors (Lipinski definition) is 5. The molecule has 0 amide bonds. The fraction of sp³-hybridized carbons (Fsp3) is 0.188. The number of methoxy groups -OCH3 is 1. The van der Waals surface area contributed by atoms with Gasteiger partial charge in [0.2, 0.25) is 0 Å². The average Bonchev–Trinajstić information content (AvgIpc) is 2.54. The maximum absolute atomic E-state index is 12.3. The van der Waals surface area contributed by atoms with E-state index in [1.807, 2.05) is 0 Å². The van der Waals surface area contributed by atoms with Gasteiger partial charge in [0, 0.05) is 0 Å². The predicted molar refractivity (Wildman–Crippen MR) is 81.6 cm³/mol. The summed E-state index contributed by atoms with van der Waals surface area (Å²) < 4.78 is 11.0. The van der Waals surface area contributed by atoms with Crippen molar-refractivity contribution >= 4 is 18.4 Å². The average molecular weight is 298 g/mol. The topological polar surface area (TPSA) is 76.0 Å². The minimum atomic E-state index is -1.55. The molecule has 0 radical (unpaired) electrons. The van der Waals surface area contributed by atoms with Crippen molar-refractivity contribution in [1.29, 1.82) is 0 Å². The van der Waals surface area contributed by atoms with Gasteiger partial charge in [-0.2, -0.15) is 0 Å². The Bertz CT molecular complexity index is 713. The van der Waals surface area contributed by atoms with Gasteiger partial charge in [0.1, 0.15) is 17.6 Å². The van der Waals surface area contributed by atoms with E-state index < -0.39 is 13.2 Å². The van der Waals surface area contributed by atoms with Gasteiger partial charge >= 0.3 is 7.12 Å². The van der Waals surface area contributed by atoms with E-state index in [0.717, 1.165) is 5.56 Å². The first-order valence-corrected chi connectivity index (χ1v) is 6.92. The summed E-state index contributed by atoms with van der Waals surface area (Å²) in [5.74, 6) is 1.09. The second-order valence-electron chi connectivity index (χ2n) is 5.14. The molecule has 1 aliphatic rings. The molecular weight excluding hydrogens is 283 g/mol. The molecular formula is C16H15BO5. The van der Waals surface area contributed by atoms with E-state index in [1.54, 1.807) is 49.6 Å². The van der Waals surface area contributed by atoms with Crippen molar-refractivity contribution in [3.8, 4) is 11.5 Å². The molecule has 2 N–H and O–H groups in total. The van der Waals surface area contributed by atoms with Crippen LogP contribution >= 0.6 is 0 Å². The van der Waals surface area contributed by atoms with Crippen LogP contribution in [0.3, 0.4) is 0 Å². The summed E-state index contributed by atoms with van der Waals surface area (Å²) in [6, 6.07) is 11.9. The van der Waals surface area contributed by atoms with Crippen molar-refractivity contribution in [2.24, 2.45) is 0 Å². The molecule has 1 unspecified atom stereocenters. The number of carbonyl (C=O) groups excluding carboxylic acids is 1. The van der Waals surface area contributed by atoms with Gasteiger partial charge in [-0.25, -0.2) is 0 Å². The molecule has 1 aliphatic heterocycles. The number of benzene rings is 2. The lowest BCUT2D eigenvalue weighted by molar-refractivity contribution is 0.0849. The Morgan fingerprint density at radius 2 is 2.05 bits per heavy atom. The van der Waals surface area contributed by atoms with E-state index in [2.05, 4.69) is 0 Å². The zero-order chi connectivity index (χ0) is 15.7. The van der Waals surface area contributed by atoms with E-state index >= 15 is 0 Å². The Morgan fingerprint density at radius 3 is 2.77 bits per heavy atom. The van der Waals surface area contributed by atoms with Gasteiger partial charge in [0.15, 0.2) is 5.78 Å². The number of ketones is 1. The van der Waals surface area contributed by atoms with Crippen LogP contribution in [0.15, 0.2) is 42.5 Å². The van der Waals surface area contributed by atoms with Crippen LogP contribution in [0.2, 0.25) is 0 Å². The highest BCUT2D eigenvalue weighted by molar-refractivity contribution is 6.58. The van der Waals surface area contributed by atoms with Crippen LogP contribution in [0.1, 0.15) is 28.4 Å². The molecule has 0 aromatic heterocycles. The monoisotopic (exact) mass is 298 g/mol. The molecule has 0 fully saturated rings. The molecule has 0 aliphatic carbocycles. The van der Waals surface area contributed by atoms with E-state index in [0.29, 0.717) is 22.5 Å². The van der Waals surface area contributed by atoms with Gasteiger partial charge in [0.25, 0.3) is 0 Å². The van der Waals surface area contributed by atoms with Crippen LogP contribution in [-0.2, 0) is 0 Å². The molecule has 6 heteroatoms. The lowest BCUT2D eigenvalue weighted by atomic mass is 9.79. The molecule has 0 saturated heterocycles. The zero-order valence-corrected chi connectivity index (χ0v) is 12.0. The highest BCUT2D eigenvalue weighted by atomic mass is 16.5. The molecule has 0 saturated carbocycles. The number of fused-ring (bicyclic) bond motifs is 1. The molecule has 0 spiro atoms. The number of carbonyl (C=O) groups is 1. The fourth-order valence-corrected chi connectivity index (χ4v) is 2.54. The standard InChI is InChI=1S/C16H15BO5/c1-21-12-5-6-15-13(8-12)14(18)9-16(22-15)10-3-2-4-11(7-10)17(19)20/h2-8,16,19-20H,9H2,1H3. The van der Waals surface area contributed by atoms with Crippen LogP contribution in [0.4, 0.5) is 0 Å². The lowest BCUT2D eigenvalue weighted by Gasteiger charge is -2.26. The molecule has 0 bridgehead atoms. The van der Waals surface area contributed by atoms with Gasteiger partial charge in [-0.1, -0.05) is 24.3 Å². The van der Waals surface area contributed by atoms with Gasteiger partial charge in [0.05, 0.1) is 19.1 Å². The molecule has 2 aromatic rings. The first kappa shape index (κ1) is 14.6. The smallest absolute Gasteiger partial charge is 0.488 e. The van der Waals surface area contributed by atoms with Gasteiger partial charge in [-0.05, 0) is 29.2 Å². The number of hydrogen-bond donors (Lipinski definition) is 2. The van der Waals surface area contributed by atoms with E-state index in [-0.39, 0.29) is 12.2 Å². The second-order valence-corrected chi connectivity index (χ2v) is 5.14. The van der Waals surface area contributed by atoms with Crippen molar-refractivity contribution < 1.29 is 24.3 Å². The Labute approximate surface area is 128 Å². The molecule has 2 aromatic carbocycles. The van der Waals surface area contributed by atoms with Crippen molar-refractivity contribution in [2.45, 2.75) is 12.5 Å². The van der Waals surface area contributed by atoms with E-state index in [9.17, 15) is 14.8 Å². The van der Waals surface area contributed by atoms with Crippen molar-refractivity contribution in [3.05, 3.63) is 53.6 Å². The van der Waals surface area contributed by atoms with Gasteiger partial charge in [-0.15, -0.1) is 0 Å². The Balaban J connectivity index is 1.92. The summed E-state index contributed by atoms with van der Waals surface area (Å²) in [5.41, 5.74) is 1.61. The van der Waals surface area contributed by atoms with Crippen LogP contribution in [0.5, 0.6) is 11.5 Å². The normalized spacial score (nSPS) is 16.7. The van der Waals surface area contributed by atoms with E-state index in [4.69, 9.17) is 9.47 Å². The van der Waals surface area contributed by atoms with Crippen molar-refractivity contribution in [1.82, 2.24) is 0 Å². The summed E-state index contributed by atoms with van der Waals surface area (Å²) in [6.45, 7) is 0. The minimum absolute atomic E-state index is 0.0277. The van der Waals surface area contributed by atoms with Crippen LogP contribution in [-0.4, -0.2) is 30.1 Å². The first-order chi connectivity index (χ1) is 10.6. The molecule has 1 heterocycles. The van der Waals surface area contributed by atoms with E-state index in [1.165, 1.54) is 0 Å². The fourth-order valence-electron chi connectivity index (χ4n) is 2.54. The van der Waals surface area contributed by atoms with Crippen LogP contribution in [0.25, 0.3) is 0 Å². The van der Waals surface area contributed by atoms with Crippen LogP contribution < -0.4 is 14.9 Å². The Kier molecular flexibility index (Phi) is 3.87. The van der Waals surface area contributed by atoms with Gasteiger partial charge < -0.3 is 19.5 Å². The number of Topliss-reactive ketones (excluding diaryl/α,β-unsaturated/α-hetero) is 1. The number of ether oxygens (including phenoxy) is 2.